The summed E-state index contributed by atoms with van der Waals surface area (Å²) in [5.74, 6) is -0.205. The summed E-state index contributed by atoms with van der Waals surface area (Å²) in [5, 5.41) is 2.55. The molecule has 0 aromatic rings. The molecule has 1 N–H and O–H groups in total. The lowest BCUT2D eigenvalue weighted by atomic mass is 9.87. The third-order valence-electron chi connectivity index (χ3n) is 2.44. The number of nitrogens with one attached hydrogen (secondary N) is 1. The lowest BCUT2D eigenvalue weighted by molar-refractivity contribution is -0.150. The van der Waals surface area contributed by atoms with Crippen molar-refractivity contribution in [2.75, 3.05) is 26.9 Å². The van der Waals surface area contributed by atoms with Gasteiger partial charge in [0.05, 0.1) is 13.2 Å². The lowest BCUT2D eigenvalue weighted by Gasteiger charge is -2.29. The van der Waals surface area contributed by atoms with Crippen molar-refractivity contribution in [1.82, 2.24) is 5.32 Å². The van der Waals surface area contributed by atoms with Gasteiger partial charge in [0.15, 0.2) is 0 Å². The molecule has 6 heteroatoms. The smallest absolute Gasteiger partial charge is 0.407 e. The molecule has 20 heavy (non-hydrogen) atoms. The number of ether oxygens (including phenoxy) is 3. The maximum atomic E-state index is 12.0. The van der Waals surface area contributed by atoms with Crippen LogP contribution in [0, 0.1) is 11.3 Å². The maximum absolute atomic E-state index is 12.0. The molecule has 0 heterocycles. The minimum atomic E-state index is -0.753. The highest BCUT2D eigenvalue weighted by Crippen LogP contribution is 2.20. The van der Waals surface area contributed by atoms with Gasteiger partial charge in [-0.15, -0.1) is 0 Å². The van der Waals surface area contributed by atoms with Crippen LogP contribution in [0.5, 0.6) is 0 Å². The summed E-state index contributed by atoms with van der Waals surface area (Å²) in [6, 6.07) is -0.753. The van der Waals surface area contributed by atoms with Crippen LogP contribution in [-0.4, -0.2) is 45.0 Å². The number of carbonyl (C=O) groups excluding carboxylic acids is 2. The SMILES string of the molecule is COCCOC(=O)NC(C(=O)OCC(C)C)C(C)(C)C. The fourth-order valence-electron chi connectivity index (χ4n) is 1.34. The molecule has 0 spiro atoms. The van der Waals surface area contributed by atoms with Gasteiger partial charge in [-0.1, -0.05) is 34.6 Å². The second kappa shape index (κ2) is 8.79. The van der Waals surface area contributed by atoms with Crippen LogP contribution in [0.4, 0.5) is 4.79 Å². The van der Waals surface area contributed by atoms with Crippen LogP contribution in [0.1, 0.15) is 34.6 Å². The Morgan fingerprint density at radius 2 is 1.70 bits per heavy atom. The van der Waals surface area contributed by atoms with Crippen LogP contribution in [0.15, 0.2) is 0 Å². The summed E-state index contributed by atoms with van der Waals surface area (Å²) in [7, 11) is 1.52. The first kappa shape index (κ1) is 18.7. The van der Waals surface area contributed by atoms with Gasteiger partial charge >= 0.3 is 12.1 Å². The predicted octanol–water partition coefficient (Wildman–Crippen LogP) is 1.97. The normalized spacial score (nSPS) is 12.9. The summed E-state index contributed by atoms with van der Waals surface area (Å²) >= 11 is 0. The Balaban J connectivity index is 4.50. The summed E-state index contributed by atoms with van der Waals surface area (Å²) in [5.41, 5.74) is -0.464. The number of carbonyl (C=O) groups is 2. The zero-order valence-electron chi connectivity index (χ0n) is 13.3. The first-order valence-corrected chi connectivity index (χ1v) is 6.77. The van der Waals surface area contributed by atoms with E-state index in [0.29, 0.717) is 13.2 Å². The number of hydrogen-bond donors (Lipinski definition) is 1. The second-order valence-electron chi connectivity index (χ2n) is 6.10. The third-order valence-corrected chi connectivity index (χ3v) is 2.44. The van der Waals surface area contributed by atoms with Crippen LogP contribution in [0.3, 0.4) is 0 Å². The van der Waals surface area contributed by atoms with Crippen molar-refractivity contribution in [3.8, 4) is 0 Å². The molecule has 0 saturated heterocycles. The predicted molar refractivity (Wildman–Crippen MR) is 75.4 cm³/mol. The molecular formula is C14H27NO5. The Bertz CT molecular complexity index is 309. The molecule has 0 saturated carbocycles. The lowest BCUT2D eigenvalue weighted by Crippen LogP contribution is -2.50. The van der Waals surface area contributed by atoms with E-state index >= 15 is 0 Å². The largest absolute Gasteiger partial charge is 0.464 e. The second-order valence-corrected chi connectivity index (χ2v) is 6.10. The van der Waals surface area contributed by atoms with Gasteiger partial charge in [-0.3, -0.25) is 0 Å². The Kier molecular flexibility index (Phi) is 8.22. The molecule has 0 aliphatic heterocycles. The maximum Gasteiger partial charge on any atom is 0.407 e. The Morgan fingerprint density at radius 1 is 1.10 bits per heavy atom. The van der Waals surface area contributed by atoms with E-state index < -0.39 is 23.5 Å². The van der Waals surface area contributed by atoms with Crippen LogP contribution >= 0.6 is 0 Å². The van der Waals surface area contributed by atoms with E-state index in [2.05, 4.69) is 5.32 Å². The standard InChI is InChI=1S/C14H27NO5/c1-10(2)9-20-12(16)11(14(3,4)5)15-13(17)19-8-7-18-6/h10-11H,7-9H2,1-6H3,(H,15,17). The Labute approximate surface area is 121 Å². The molecule has 0 fully saturated rings. The topological polar surface area (TPSA) is 73.9 Å². The molecule has 0 aliphatic rings. The molecule has 0 rings (SSSR count). The molecule has 118 valence electrons. The highest BCUT2D eigenvalue weighted by Gasteiger charge is 2.34. The molecule has 1 unspecified atom stereocenters. The quantitative estimate of drug-likeness (QED) is 0.573. The fourth-order valence-corrected chi connectivity index (χ4v) is 1.34. The third kappa shape index (κ3) is 7.99. The minimum absolute atomic E-state index is 0.139. The van der Waals surface area contributed by atoms with Crippen molar-refractivity contribution in [3.05, 3.63) is 0 Å². The summed E-state index contributed by atoms with van der Waals surface area (Å²) < 4.78 is 14.9. The van der Waals surface area contributed by atoms with Crippen LogP contribution < -0.4 is 5.32 Å². The first-order chi connectivity index (χ1) is 9.18. The van der Waals surface area contributed by atoms with Gasteiger partial charge in [0.2, 0.25) is 0 Å². The zero-order valence-corrected chi connectivity index (χ0v) is 13.3. The number of rotatable bonds is 7. The van der Waals surface area contributed by atoms with Crippen LogP contribution in [-0.2, 0) is 19.0 Å². The van der Waals surface area contributed by atoms with Crippen molar-refractivity contribution >= 4 is 12.1 Å². The number of hydrogen-bond acceptors (Lipinski definition) is 5. The summed E-state index contributed by atoms with van der Waals surface area (Å²) in [6.45, 7) is 10.2. The fraction of sp³-hybridized carbons (Fsp3) is 0.857. The van der Waals surface area contributed by atoms with Gasteiger partial charge in [-0.05, 0) is 11.3 Å². The summed E-state index contributed by atoms with van der Waals surface area (Å²) in [6.07, 6.45) is -0.650. The highest BCUT2D eigenvalue weighted by atomic mass is 16.6. The van der Waals surface area contributed by atoms with Gasteiger partial charge in [-0.2, -0.15) is 0 Å². The van der Waals surface area contributed by atoms with Crippen molar-refractivity contribution < 1.29 is 23.8 Å². The number of esters is 1. The van der Waals surface area contributed by atoms with Gasteiger partial charge in [-0.25, -0.2) is 9.59 Å². The first-order valence-electron chi connectivity index (χ1n) is 6.77. The number of methoxy groups -OCH3 is 1. The van der Waals surface area contributed by atoms with E-state index in [0.717, 1.165) is 0 Å². The molecule has 0 bridgehead atoms. The molecule has 0 radical (unpaired) electrons. The molecule has 1 atom stereocenters. The molecule has 0 aromatic heterocycles. The monoisotopic (exact) mass is 289 g/mol. The van der Waals surface area contributed by atoms with E-state index in [9.17, 15) is 9.59 Å². The summed E-state index contributed by atoms with van der Waals surface area (Å²) in [4.78, 5) is 23.7. The van der Waals surface area contributed by atoms with E-state index in [1.54, 1.807) is 0 Å². The van der Waals surface area contributed by atoms with Gasteiger partial charge in [0.25, 0.3) is 0 Å². The van der Waals surface area contributed by atoms with Crippen molar-refractivity contribution in [3.63, 3.8) is 0 Å². The van der Waals surface area contributed by atoms with E-state index in [4.69, 9.17) is 14.2 Å². The Hall–Kier alpha value is -1.30. The van der Waals surface area contributed by atoms with Crippen LogP contribution in [0.25, 0.3) is 0 Å². The van der Waals surface area contributed by atoms with Gasteiger partial charge in [0.1, 0.15) is 12.6 Å². The average molecular weight is 289 g/mol. The van der Waals surface area contributed by atoms with Gasteiger partial charge in [0, 0.05) is 7.11 Å². The van der Waals surface area contributed by atoms with E-state index in [-0.39, 0.29) is 12.5 Å². The number of alkyl carbamates (subject to hydrolysis) is 1. The molecule has 1 amide bonds. The molecule has 0 aliphatic carbocycles. The molecule has 0 aromatic carbocycles. The van der Waals surface area contributed by atoms with Crippen molar-refractivity contribution in [2.45, 2.75) is 40.7 Å². The average Bonchev–Trinajstić information content (AvgIpc) is 2.32. The highest BCUT2D eigenvalue weighted by molar-refractivity contribution is 5.82. The van der Waals surface area contributed by atoms with Gasteiger partial charge < -0.3 is 19.5 Å². The van der Waals surface area contributed by atoms with Crippen LogP contribution in [0.2, 0.25) is 0 Å². The van der Waals surface area contributed by atoms with Crippen molar-refractivity contribution in [1.29, 1.82) is 0 Å². The minimum Gasteiger partial charge on any atom is -0.464 e. The van der Waals surface area contributed by atoms with E-state index in [1.807, 2.05) is 34.6 Å². The van der Waals surface area contributed by atoms with Crippen molar-refractivity contribution in [2.24, 2.45) is 11.3 Å². The number of amides is 1. The molecule has 6 nitrogen and oxygen atoms in total. The van der Waals surface area contributed by atoms with E-state index in [1.165, 1.54) is 7.11 Å². The Morgan fingerprint density at radius 3 is 2.15 bits per heavy atom. The zero-order chi connectivity index (χ0) is 15.8. The molecular weight excluding hydrogens is 262 g/mol.